The first-order valence-electron chi connectivity index (χ1n) is 9.14. The fourth-order valence-corrected chi connectivity index (χ4v) is 2.85. The molecule has 0 fully saturated rings. The Morgan fingerprint density at radius 1 is 1.11 bits per heavy atom. The smallest absolute Gasteiger partial charge is 0.226 e. The average Bonchev–Trinajstić information content (AvgIpc) is 2.62. The van der Waals surface area contributed by atoms with Crippen molar-refractivity contribution < 1.29 is 14.3 Å². The van der Waals surface area contributed by atoms with Gasteiger partial charge in [0.1, 0.15) is 5.75 Å². The van der Waals surface area contributed by atoms with Crippen molar-refractivity contribution in [2.45, 2.75) is 40.0 Å². The van der Waals surface area contributed by atoms with Crippen molar-refractivity contribution in [2.75, 3.05) is 23.9 Å². The molecule has 0 aliphatic carbocycles. The van der Waals surface area contributed by atoms with Crippen LogP contribution in [-0.4, -0.2) is 25.5 Å². The Kier molecular flexibility index (Phi) is 6.99. The van der Waals surface area contributed by atoms with Crippen LogP contribution in [0.15, 0.2) is 42.5 Å². The van der Waals surface area contributed by atoms with Crippen LogP contribution in [0.5, 0.6) is 5.75 Å². The van der Waals surface area contributed by atoms with Crippen LogP contribution >= 0.6 is 0 Å². The first kappa shape index (κ1) is 20.5. The lowest BCUT2D eigenvalue weighted by Gasteiger charge is -2.22. The maximum absolute atomic E-state index is 12.4. The van der Waals surface area contributed by atoms with Gasteiger partial charge in [-0.25, -0.2) is 0 Å². The highest BCUT2D eigenvalue weighted by Crippen LogP contribution is 2.25. The fraction of sp³-hybridized carbons (Fsp3) is 0.364. The van der Waals surface area contributed by atoms with Crippen molar-refractivity contribution in [2.24, 2.45) is 0 Å². The Bertz CT molecular complexity index is 798. The van der Waals surface area contributed by atoms with E-state index in [1.807, 2.05) is 49.4 Å². The summed E-state index contributed by atoms with van der Waals surface area (Å²) >= 11 is 0. The minimum Gasteiger partial charge on any atom is -0.495 e. The van der Waals surface area contributed by atoms with Crippen LogP contribution in [0, 0.1) is 6.92 Å². The monoisotopic (exact) mass is 368 g/mol. The first-order chi connectivity index (χ1) is 12.8. The third-order valence-electron chi connectivity index (χ3n) is 4.44. The molecule has 2 aromatic rings. The summed E-state index contributed by atoms with van der Waals surface area (Å²) < 4.78 is 5.29. The van der Waals surface area contributed by atoms with E-state index in [1.54, 1.807) is 12.0 Å². The summed E-state index contributed by atoms with van der Waals surface area (Å²) in [7, 11) is 1.57. The van der Waals surface area contributed by atoms with Gasteiger partial charge in [0.05, 0.1) is 12.8 Å². The highest BCUT2D eigenvalue weighted by molar-refractivity contribution is 5.95. The summed E-state index contributed by atoms with van der Waals surface area (Å²) in [5.41, 5.74) is 3.68. The molecular weight excluding hydrogens is 340 g/mol. The van der Waals surface area contributed by atoms with Crippen molar-refractivity contribution in [1.82, 2.24) is 0 Å². The maximum atomic E-state index is 12.4. The van der Waals surface area contributed by atoms with Crippen LogP contribution in [0.2, 0.25) is 0 Å². The lowest BCUT2D eigenvalue weighted by atomic mass is 10.0. The Morgan fingerprint density at radius 3 is 2.33 bits per heavy atom. The van der Waals surface area contributed by atoms with Crippen LogP contribution in [-0.2, 0) is 9.59 Å². The molecule has 0 atom stereocenters. The minimum absolute atomic E-state index is 0.0896. The molecular formula is C22H28N2O3. The van der Waals surface area contributed by atoms with Gasteiger partial charge in [-0.1, -0.05) is 32.0 Å². The van der Waals surface area contributed by atoms with Gasteiger partial charge in [-0.3, -0.25) is 9.59 Å². The molecule has 5 heteroatoms. The summed E-state index contributed by atoms with van der Waals surface area (Å²) in [5.74, 6) is 0.791. The zero-order chi connectivity index (χ0) is 20.0. The van der Waals surface area contributed by atoms with Gasteiger partial charge in [-0.15, -0.1) is 0 Å². The lowest BCUT2D eigenvalue weighted by Crippen LogP contribution is -2.32. The molecule has 0 unspecified atom stereocenters. The summed E-state index contributed by atoms with van der Waals surface area (Å²) in [5, 5.41) is 2.87. The molecule has 27 heavy (non-hydrogen) atoms. The molecule has 5 nitrogen and oxygen atoms in total. The van der Waals surface area contributed by atoms with Crippen molar-refractivity contribution in [1.29, 1.82) is 0 Å². The Balaban J connectivity index is 2.04. The van der Waals surface area contributed by atoms with Gasteiger partial charge in [0, 0.05) is 25.6 Å². The van der Waals surface area contributed by atoms with E-state index in [0.29, 0.717) is 23.9 Å². The van der Waals surface area contributed by atoms with Gasteiger partial charge >= 0.3 is 0 Å². The van der Waals surface area contributed by atoms with E-state index in [0.717, 1.165) is 11.3 Å². The number of nitrogens with one attached hydrogen (secondary N) is 1. The standard InChI is InChI=1S/C22H28N2O3/c1-15(2)18-7-9-19(10-8-18)24(17(4)25)13-12-22(26)23-20-14-16(3)6-11-21(20)27-5/h6-11,14-15H,12-13H2,1-5H3,(H,23,26). The number of aryl methyl sites for hydroxylation is 1. The van der Waals surface area contributed by atoms with Crippen LogP contribution in [0.4, 0.5) is 11.4 Å². The summed E-state index contributed by atoms with van der Waals surface area (Å²) in [6.45, 7) is 8.03. The quantitative estimate of drug-likeness (QED) is 0.782. The summed E-state index contributed by atoms with van der Waals surface area (Å²) in [6, 6.07) is 13.5. The van der Waals surface area contributed by atoms with E-state index >= 15 is 0 Å². The largest absolute Gasteiger partial charge is 0.495 e. The van der Waals surface area contributed by atoms with Gasteiger partial charge in [0.15, 0.2) is 0 Å². The second kappa shape index (κ2) is 9.21. The second-order valence-corrected chi connectivity index (χ2v) is 6.92. The number of hydrogen-bond acceptors (Lipinski definition) is 3. The normalized spacial score (nSPS) is 10.6. The number of rotatable bonds is 7. The van der Waals surface area contributed by atoms with Crippen molar-refractivity contribution in [3.8, 4) is 5.75 Å². The third-order valence-corrected chi connectivity index (χ3v) is 4.44. The van der Waals surface area contributed by atoms with Crippen LogP contribution in [0.3, 0.4) is 0 Å². The number of nitrogens with zero attached hydrogens (tertiary/aromatic N) is 1. The maximum Gasteiger partial charge on any atom is 0.226 e. The van der Waals surface area contributed by atoms with E-state index in [9.17, 15) is 9.59 Å². The summed E-state index contributed by atoms with van der Waals surface area (Å²) in [6.07, 6.45) is 0.197. The molecule has 0 radical (unpaired) electrons. The number of carbonyl (C=O) groups is 2. The van der Waals surface area contributed by atoms with E-state index in [4.69, 9.17) is 4.74 Å². The van der Waals surface area contributed by atoms with Crippen molar-refractivity contribution in [3.63, 3.8) is 0 Å². The number of benzene rings is 2. The third kappa shape index (κ3) is 5.58. The first-order valence-corrected chi connectivity index (χ1v) is 9.14. The second-order valence-electron chi connectivity index (χ2n) is 6.92. The topological polar surface area (TPSA) is 58.6 Å². The van der Waals surface area contributed by atoms with E-state index in [-0.39, 0.29) is 18.2 Å². The zero-order valence-corrected chi connectivity index (χ0v) is 16.7. The van der Waals surface area contributed by atoms with Crippen molar-refractivity contribution in [3.05, 3.63) is 53.6 Å². The average molecular weight is 368 g/mol. The Morgan fingerprint density at radius 2 is 1.78 bits per heavy atom. The molecule has 2 amide bonds. The molecule has 144 valence electrons. The molecule has 0 saturated heterocycles. The van der Waals surface area contributed by atoms with Crippen LogP contribution in [0.1, 0.15) is 44.2 Å². The number of ether oxygens (including phenoxy) is 1. The number of hydrogen-bond donors (Lipinski definition) is 1. The Hall–Kier alpha value is -2.82. The number of amides is 2. The molecule has 2 rings (SSSR count). The molecule has 2 aromatic carbocycles. The van der Waals surface area contributed by atoms with Gasteiger partial charge in [-0.2, -0.15) is 0 Å². The minimum atomic E-state index is -0.163. The predicted molar refractivity (Wildman–Crippen MR) is 110 cm³/mol. The molecule has 0 aliphatic heterocycles. The SMILES string of the molecule is COc1ccc(C)cc1NC(=O)CCN(C(C)=O)c1ccc(C(C)C)cc1. The van der Waals surface area contributed by atoms with Gasteiger partial charge in [-0.05, 0) is 48.2 Å². The number of carbonyl (C=O) groups excluding carboxylic acids is 2. The highest BCUT2D eigenvalue weighted by Gasteiger charge is 2.15. The molecule has 0 bridgehead atoms. The zero-order valence-electron chi connectivity index (χ0n) is 16.7. The van der Waals surface area contributed by atoms with E-state index < -0.39 is 0 Å². The Labute approximate surface area is 161 Å². The molecule has 0 spiro atoms. The highest BCUT2D eigenvalue weighted by atomic mass is 16.5. The van der Waals surface area contributed by atoms with Crippen molar-refractivity contribution >= 4 is 23.2 Å². The molecule has 0 aromatic heterocycles. The number of methoxy groups -OCH3 is 1. The molecule has 1 N–H and O–H groups in total. The van der Waals surface area contributed by atoms with Gasteiger partial charge < -0.3 is 15.0 Å². The summed E-state index contributed by atoms with van der Waals surface area (Å²) in [4.78, 5) is 26.1. The van der Waals surface area contributed by atoms with Gasteiger partial charge in [0.2, 0.25) is 11.8 Å². The van der Waals surface area contributed by atoms with E-state index in [1.165, 1.54) is 12.5 Å². The molecule has 0 aliphatic rings. The van der Waals surface area contributed by atoms with Crippen LogP contribution in [0.25, 0.3) is 0 Å². The lowest BCUT2D eigenvalue weighted by molar-refractivity contribution is -0.117. The van der Waals surface area contributed by atoms with E-state index in [2.05, 4.69) is 19.2 Å². The van der Waals surface area contributed by atoms with Crippen LogP contribution < -0.4 is 15.0 Å². The number of anilines is 2. The predicted octanol–water partition coefficient (Wildman–Crippen LogP) is 4.51. The molecule has 0 saturated carbocycles. The van der Waals surface area contributed by atoms with Gasteiger partial charge in [0.25, 0.3) is 0 Å². The fourth-order valence-electron chi connectivity index (χ4n) is 2.85. The molecule has 0 heterocycles.